The molecule has 0 radical (unpaired) electrons. The first-order valence-corrected chi connectivity index (χ1v) is 6.83. The lowest BCUT2D eigenvalue weighted by Crippen LogP contribution is -2.38. The standard InChI is InChI=1S/C13H24N2O2.ClH/c1-2-6-17-9-13(16)15-7-10-4-3-5-12(14)11(10)8-15;/h10-12H,2-9,14H2,1H3;1H. The molecule has 0 aromatic rings. The molecule has 106 valence electrons. The third kappa shape index (κ3) is 3.59. The van der Waals surface area contributed by atoms with Gasteiger partial charge in [-0.1, -0.05) is 13.3 Å². The van der Waals surface area contributed by atoms with Gasteiger partial charge in [0.1, 0.15) is 6.61 Å². The maximum atomic E-state index is 11.9. The van der Waals surface area contributed by atoms with Gasteiger partial charge in [0, 0.05) is 25.7 Å². The number of carbonyl (C=O) groups excluding carboxylic acids is 1. The molecule has 1 aliphatic carbocycles. The highest BCUT2D eigenvalue weighted by Crippen LogP contribution is 2.35. The fourth-order valence-corrected chi connectivity index (χ4v) is 3.12. The molecule has 5 heteroatoms. The number of nitrogens with two attached hydrogens (primary N) is 1. The van der Waals surface area contributed by atoms with Crippen molar-refractivity contribution in [3.8, 4) is 0 Å². The average Bonchev–Trinajstić information content (AvgIpc) is 2.75. The van der Waals surface area contributed by atoms with Crippen molar-refractivity contribution in [1.29, 1.82) is 0 Å². The van der Waals surface area contributed by atoms with Crippen LogP contribution in [0.5, 0.6) is 0 Å². The number of hydrogen-bond donors (Lipinski definition) is 1. The van der Waals surface area contributed by atoms with E-state index in [4.69, 9.17) is 10.5 Å². The van der Waals surface area contributed by atoms with Crippen LogP contribution in [-0.2, 0) is 9.53 Å². The zero-order chi connectivity index (χ0) is 12.3. The van der Waals surface area contributed by atoms with Crippen LogP contribution in [0.15, 0.2) is 0 Å². The Kier molecular flexibility index (Phi) is 6.39. The van der Waals surface area contributed by atoms with Gasteiger partial charge in [0.05, 0.1) is 0 Å². The quantitative estimate of drug-likeness (QED) is 0.790. The molecule has 1 heterocycles. The van der Waals surface area contributed by atoms with Crippen LogP contribution >= 0.6 is 12.4 Å². The van der Waals surface area contributed by atoms with Gasteiger partial charge in [-0.15, -0.1) is 12.4 Å². The van der Waals surface area contributed by atoms with Crippen LogP contribution in [0.25, 0.3) is 0 Å². The number of rotatable bonds is 4. The molecule has 1 saturated carbocycles. The van der Waals surface area contributed by atoms with Gasteiger partial charge in [-0.05, 0) is 31.1 Å². The second-order valence-electron chi connectivity index (χ2n) is 5.37. The Morgan fingerprint density at radius 3 is 2.83 bits per heavy atom. The highest BCUT2D eigenvalue weighted by molar-refractivity contribution is 5.85. The highest BCUT2D eigenvalue weighted by atomic mass is 35.5. The SMILES string of the molecule is CCCOCC(=O)N1CC2CCCC(N)C2C1.Cl. The normalized spacial score (nSPS) is 30.8. The predicted molar refractivity (Wildman–Crippen MR) is 73.7 cm³/mol. The summed E-state index contributed by atoms with van der Waals surface area (Å²) in [6.45, 7) is 4.70. The van der Waals surface area contributed by atoms with Crippen molar-refractivity contribution >= 4 is 18.3 Å². The summed E-state index contributed by atoms with van der Waals surface area (Å²) in [5.41, 5.74) is 6.13. The summed E-state index contributed by atoms with van der Waals surface area (Å²) in [7, 11) is 0. The Balaban J connectivity index is 0.00000162. The predicted octanol–water partition coefficient (Wildman–Crippen LogP) is 1.42. The Hall–Kier alpha value is -0.320. The Morgan fingerprint density at radius 2 is 2.17 bits per heavy atom. The van der Waals surface area contributed by atoms with Crippen LogP contribution in [0.1, 0.15) is 32.6 Å². The van der Waals surface area contributed by atoms with Crippen molar-refractivity contribution in [3.63, 3.8) is 0 Å². The number of ether oxygens (including phenoxy) is 1. The van der Waals surface area contributed by atoms with Crippen molar-refractivity contribution in [2.24, 2.45) is 17.6 Å². The fraction of sp³-hybridized carbons (Fsp3) is 0.923. The van der Waals surface area contributed by atoms with Gasteiger partial charge >= 0.3 is 0 Å². The lowest BCUT2D eigenvalue weighted by Gasteiger charge is -2.29. The number of likely N-dealkylation sites (tertiary alicyclic amines) is 1. The van der Waals surface area contributed by atoms with E-state index in [1.807, 2.05) is 11.8 Å². The van der Waals surface area contributed by atoms with E-state index in [1.54, 1.807) is 0 Å². The van der Waals surface area contributed by atoms with Crippen LogP contribution < -0.4 is 5.73 Å². The molecule has 2 rings (SSSR count). The van der Waals surface area contributed by atoms with Gasteiger partial charge < -0.3 is 15.4 Å². The molecule has 2 aliphatic rings. The number of carbonyl (C=O) groups is 1. The summed E-state index contributed by atoms with van der Waals surface area (Å²) in [5.74, 6) is 1.30. The van der Waals surface area contributed by atoms with Crippen molar-refractivity contribution in [3.05, 3.63) is 0 Å². The molecule has 3 atom stereocenters. The second-order valence-corrected chi connectivity index (χ2v) is 5.37. The van der Waals surface area contributed by atoms with E-state index in [1.165, 1.54) is 12.8 Å². The molecule has 0 spiro atoms. The van der Waals surface area contributed by atoms with Gasteiger partial charge in [-0.25, -0.2) is 0 Å². The van der Waals surface area contributed by atoms with Crippen LogP contribution in [0.4, 0.5) is 0 Å². The van der Waals surface area contributed by atoms with Gasteiger partial charge in [-0.3, -0.25) is 4.79 Å². The van der Waals surface area contributed by atoms with E-state index in [2.05, 4.69) is 0 Å². The van der Waals surface area contributed by atoms with E-state index < -0.39 is 0 Å². The maximum absolute atomic E-state index is 11.9. The molecular weight excluding hydrogens is 252 g/mol. The van der Waals surface area contributed by atoms with Crippen LogP contribution in [-0.4, -0.2) is 43.2 Å². The minimum Gasteiger partial charge on any atom is -0.372 e. The first kappa shape index (κ1) is 15.7. The number of amides is 1. The number of nitrogens with zero attached hydrogens (tertiary/aromatic N) is 1. The summed E-state index contributed by atoms with van der Waals surface area (Å²) in [5, 5.41) is 0. The topological polar surface area (TPSA) is 55.6 Å². The first-order chi connectivity index (χ1) is 8.22. The van der Waals surface area contributed by atoms with Crippen LogP contribution in [0, 0.1) is 11.8 Å². The molecular formula is C13H25ClN2O2. The minimum absolute atomic E-state index is 0. The monoisotopic (exact) mass is 276 g/mol. The van der Waals surface area contributed by atoms with Gasteiger partial charge in [0.15, 0.2) is 0 Å². The van der Waals surface area contributed by atoms with Gasteiger partial charge in [0.25, 0.3) is 0 Å². The van der Waals surface area contributed by atoms with E-state index in [-0.39, 0.29) is 24.9 Å². The third-order valence-electron chi connectivity index (χ3n) is 4.08. The molecule has 18 heavy (non-hydrogen) atoms. The highest BCUT2D eigenvalue weighted by Gasteiger charge is 2.40. The van der Waals surface area contributed by atoms with Crippen molar-refractivity contribution in [1.82, 2.24) is 4.90 Å². The average molecular weight is 277 g/mol. The summed E-state index contributed by atoms with van der Waals surface area (Å²) in [6, 6.07) is 0.295. The number of halogens is 1. The van der Waals surface area contributed by atoms with E-state index in [9.17, 15) is 4.79 Å². The molecule has 0 aromatic heterocycles. The zero-order valence-corrected chi connectivity index (χ0v) is 12.0. The lowest BCUT2D eigenvalue weighted by molar-refractivity contribution is -0.135. The van der Waals surface area contributed by atoms with Crippen molar-refractivity contribution < 1.29 is 9.53 Å². The Morgan fingerprint density at radius 1 is 1.39 bits per heavy atom. The Bertz CT molecular complexity index is 276. The zero-order valence-electron chi connectivity index (χ0n) is 11.1. The van der Waals surface area contributed by atoms with Crippen molar-refractivity contribution in [2.45, 2.75) is 38.6 Å². The van der Waals surface area contributed by atoms with Crippen LogP contribution in [0.3, 0.4) is 0 Å². The van der Waals surface area contributed by atoms with E-state index >= 15 is 0 Å². The molecule has 4 nitrogen and oxygen atoms in total. The van der Waals surface area contributed by atoms with Gasteiger partial charge in [0.2, 0.25) is 5.91 Å². The Labute approximate surface area is 116 Å². The smallest absolute Gasteiger partial charge is 0.248 e. The minimum atomic E-state index is 0. The molecule has 0 aromatic carbocycles. The van der Waals surface area contributed by atoms with Gasteiger partial charge in [-0.2, -0.15) is 0 Å². The molecule has 3 unspecified atom stereocenters. The summed E-state index contributed by atoms with van der Waals surface area (Å²) in [6.07, 6.45) is 4.54. The maximum Gasteiger partial charge on any atom is 0.248 e. The molecule has 2 N–H and O–H groups in total. The lowest BCUT2D eigenvalue weighted by atomic mass is 9.78. The van der Waals surface area contributed by atoms with E-state index in [0.29, 0.717) is 24.5 Å². The molecule has 1 saturated heterocycles. The fourth-order valence-electron chi connectivity index (χ4n) is 3.12. The second kappa shape index (κ2) is 7.31. The van der Waals surface area contributed by atoms with E-state index in [0.717, 1.165) is 25.9 Å². The number of fused-ring (bicyclic) bond motifs is 1. The summed E-state index contributed by atoms with van der Waals surface area (Å²) >= 11 is 0. The largest absolute Gasteiger partial charge is 0.372 e. The third-order valence-corrected chi connectivity index (χ3v) is 4.08. The molecule has 2 fully saturated rings. The first-order valence-electron chi connectivity index (χ1n) is 6.83. The molecule has 1 aliphatic heterocycles. The number of hydrogen-bond acceptors (Lipinski definition) is 3. The summed E-state index contributed by atoms with van der Waals surface area (Å²) < 4.78 is 5.31. The molecule has 1 amide bonds. The molecule has 0 bridgehead atoms. The summed E-state index contributed by atoms with van der Waals surface area (Å²) in [4.78, 5) is 13.9. The van der Waals surface area contributed by atoms with Crippen LogP contribution in [0.2, 0.25) is 0 Å². The van der Waals surface area contributed by atoms with Crippen molar-refractivity contribution in [2.75, 3.05) is 26.3 Å².